The van der Waals surface area contributed by atoms with Gasteiger partial charge in [-0.25, -0.2) is 17.5 Å². The molecule has 0 amide bonds. The highest BCUT2D eigenvalue weighted by molar-refractivity contribution is 7.89. The van der Waals surface area contributed by atoms with Gasteiger partial charge in [-0.3, -0.25) is 0 Å². The summed E-state index contributed by atoms with van der Waals surface area (Å²) >= 11 is 5.53. The molecule has 0 bridgehead atoms. The van der Waals surface area contributed by atoms with Gasteiger partial charge in [0.1, 0.15) is 4.90 Å². The van der Waals surface area contributed by atoms with E-state index in [2.05, 4.69) is 4.72 Å². The molecule has 1 aromatic carbocycles. The normalized spacial score (nSPS) is 15.4. The van der Waals surface area contributed by atoms with Crippen molar-refractivity contribution in [1.82, 2.24) is 4.72 Å². The number of hydrogen-bond donors (Lipinski definition) is 2. The van der Waals surface area contributed by atoms with Crippen molar-refractivity contribution < 1.29 is 17.9 Å². The molecule has 0 saturated carbocycles. The van der Waals surface area contributed by atoms with E-state index < -0.39 is 32.9 Å². The van der Waals surface area contributed by atoms with E-state index in [-0.39, 0.29) is 11.4 Å². The highest BCUT2D eigenvalue weighted by Crippen LogP contribution is 2.22. The van der Waals surface area contributed by atoms with Crippen LogP contribution in [0.3, 0.4) is 0 Å². The molecule has 0 aromatic heterocycles. The maximum absolute atomic E-state index is 13.6. The minimum absolute atomic E-state index is 0.238. The second-order valence-corrected chi connectivity index (χ2v) is 6.25. The van der Waals surface area contributed by atoms with E-state index in [1.165, 1.54) is 12.1 Å². The molecule has 0 radical (unpaired) electrons. The first-order chi connectivity index (χ1) is 8.24. The molecule has 0 saturated heterocycles. The molecule has 0 aliphatic heterocycles. The molecule has 0 aliphatic rings. The summed E-state index contributed by atoms with van der Waals surface area (Å²) in [6.07, 6.45) is -0.409. The lowest BCUT2D eigenvalue weighted by Gasteiger charge is -2.16. The lowest BCUT2D eigenvalue weighted by molar-refractivity contribution is 0.175. The Labute approximate surface area is 111 Å². The van der Waals surface area contributed by atoms with Crippen molar-refractivity contribution in [3.05, 3.63) is 29.0 Å². The van der Waals surface area contributed by atoms with Gasteiger partial charge in [0.05, 0.1) is 11.1 Å². The monoisotopic (exact) mass is 295 g/mol. The molecule has 4 nitrogen and oxygen atoms in total. The third kappa shape index (κ3) is 3.91. The molecule has 2 unspecified atom stereocenters. The summed E-state index contributed by atoms with van der Waals surface area (Å²) < 4.78 is 39.7. The van der Waals surface area contributed by atoms with Crippen molar-refractivity contribution in [3.8, 4) is 0 Å². The van der Waals surface area contributed by atoms with Gasteiger partial charge in [-0.1, -0.05) is 17.7 Å². The average Bonchev–Trinajstić information content (AvgIpc) is 2.19. The van der Waals surface area contributed by atoms with E-state index in [0.29, 0.717) is 0 Å². The van der Waals surface area contributed by atoms with Crippen molar-refractivity contribution >= 4 is 21.6 Å². The van der Waals surface area contributed by atoms with Crippen LogP contribution in [0.1, 0.15) is 20.3 Å². The van der Waals surface area contributed by atoms with E-state index in [0.717, 1.165) is 6.07 Å². The minimum Gasteiger partial charge on any atom is -0.393 e. The number of nitrogens with one attached hydrogen (secondary N) is 1. The molecular formula is C11H15ClFNO3S. The van der Waals surface area contributed by atoms with E-state index in [4.69, 9.17) is 16.7 Å². The zero-order chi connectivity index (χ0) is 13.9. The Morgan fingerprint density at radius 1 is 1.44 bits per heavy atom. The standard InChI is InChI=1S/C11H15ClFNO3S/c1-7(6-8(2)15)14-18(16,17)10-5-3-4-9(12)11(10)13/h3-5,7-8,14-15H,6H2,1-2H3. The van der Waals surface area contributed by atoms with Gasteiger partial charge >= 0.3 is 0 Å². The number of sulfonamides is 1. The molecule has 18 heavy (non-hydrogen) atoms. The molecule has 0 aliphatic carbocycles. The summed E-state index contributed by atoms with van der Waals surface area (Å²) in [5.41, 5.74) is 0. The maximum atomic E-state index is 13.6. The lowest BCUT2D eigenvalue weighted by Crippen LogP contribution is -2.35. The predicted molar refractivity (Wildman–Crippen MR) is 67.5 cm³/mol. The van der Waals surface area contributed by atoms with E-state index >= 15 is 0 Å². The highest BCUT2D eigenvalue weighted by Gasteiger charge is 2.23. The zero-order valence-corrected chi connectivity index (χ0v) is 11.6. The second-order valence-electron chi connectivity index (χ2n) is 4.16. The lowest BCUT2D eigenvalue weighted by atomic mass is 10.2. The Balaban J connectivity index is 2.97. The van der Waals surface area contributed by atoms with Crippen LogP contribution in [0.25, 0.3) is 0 Å². The Morgan fingerprint density at radius 3 is 2.61 bits per heavy atom. The first-order valence-electron chi connectivity index (χ1n) is 5.38. The van der Waals surface area contributed by atoms with Gasteiger partial charge in [-0.15, -0.1) is 0 Å². The van der Waals surface area contributed by atoms with Crippen molar-refractivity contribution in [2.45, 2.75) is 37.3 Å². The summed E-state index contributed by atoms with van der Waals surface area (Å²) in [5, 5.41) is 8.91. The number of halogens is 2. The first kappa shape index (κ1) is 15.4. The van der Waals surface area contributed by atoms with Crippen LogP contribution < -0.4 is 4.72 Å². The molecule has 0 fully saturated rings. The first-order valence-corrected chi connectivity index (χ1v) is 7.24. The van der Waals surface area contributed by atoms with Gasteiger partial charge in [0, 0.05) is 6.04 Å². The van der Waals surface area contributed by atoms with Crippen LogP contribution in [-0.2, 0) is 10.0 Å². The van der Waals surface area contributed by atoms with Gasteiger partial charge in [0.2, 0.25) is 10.0 Å². The predicted octanol–water partition coefficient (Wildman–Crippen LogP) is 1.92. The fourth-order valence-electron chi connectivity index (χ4n) is 1.58. The topological polar surface area (TPSA) is 66.4 Å². The smallest absolute Gasteiger partial charge is 0.243 e. The van der Waals surface area contributed by atoms with E-state index in [1.807, 2.05) is 0 Å². The highest BCUT2D eigenvalue weighted by atomic mass is 35.5. The molecular weight excluding hydrogens is 281 g/mol. The second kappa shape index (κ2) is 5.97. The van der Waals surface area contributed by atoms with Gasteiger partial charge in [0.25, 0.3) is 0 Å². The van der Waals surface area contributed by atoms with E-state index in [1.54, 1.807) is 13.8 Å². The number of aliphatic hydroxyl groups is 1. The SMILES string of the molecule is CC(O)CC(C)NS(=O)(=O)c1cccc(Cl)c1F. The molecule has 7 heteroatoms. The number of rotatable bonds is 5. The van der Waals surface area contributed by atoms with Crippen LogP contribution in [0, 0.1) is 5.82 Å². The fourth-order valence-corrected chi connectivity index (χ4v) is 3.17. The summed E-state index contributed by atoms with van der Waals surface area (Å²) in [5.74, 6) is -0.976. The zero-order valence-electron chi connectivity index (χ0n) is 10.0. The van der Waals surface area contributed by atoms with Gasteiger partial charge in [0.15, 0.2) is 5.82 Å². The van der Waals surface area contributed by atoms with Crippen LogP contribution in [0.4, 0.5) is 4.39 Å². The Bertz CT molecular complexity index is 519. The van der Waals surface area contributed by atoms with Crippen LogP contribution in [0.15, 0.2) is 23.1 Å². The van der Waals surface area contributed by atoms with Crippen molar-refractivity contribution in [3.63, 3.8) is 0 Å². The molecule has 0 heterocycles. The summed E-state index contributed by atoms with van der Waals surface area (Å²) in [6, 6.07) is 3.26. The fraction of sp³-hybridized carbons (Fsp3) is 0.455. The van der Waals surface area contributed by atoms with Crippen LogP contribution in [0.2, 0.25) is 5.02 Å². The third-order valence-corrected chi connectivity index (χ3v) is 4.16. The summed E-state index contributed by atoms with van der Waals surface area (Å²) in [7, 11) is -3.98. The van der Waals surface area contributed by atoms with Gasteiger partial charge in [-0.05, 0) is 32.4 Å². The number of aliphatic hydroxyl groups excluding tert-OH is 1. The molecule has 2 N–H and O–H groups in total. The summed E-state index contributed by atoms with van der Waals surface area (Å²) in [4.78, 5) is -0.493. The number of benzene rings is 1. The molecule has 102 valence electrons. The molecule has 1 aromatic rings. The van der Waals surface area contributed by atoms with Crippen LogP contribution >= 0.6 is 11.6 Å². The quantitative estimate of drug-likeness (QED) is 0.872. The van der Waals surface area contributed by atoms with Crippen LogP contribution in [0.5, 0.6) is 0 Å². The van der Waals surface area contributed by atoms with Gasteiger partial charge < -0.3 is 5.11 Å². The summed E-state index contributed by atoms with van der Waals surface area (Å²) in [6.45, 7) is 3.14. The molecule has 1 rings (SSSR count). The van der Waals surface area contributed by atoms with Crippen molar-refractivity contribution in [2.24, 2.45) is 0 Å². The minimum atomic E-state index is -3.98. The third-order valence-electron chi connectivity index (χ3n) is 2.26. The number of hydrogen-bond acceptors (Lipinski definition) is 3. The van der Waals surface area contributed by atoms with Crippen molar-refractivity contribution in [1.29, 1.82) is 0 Å². The Kier molecular flexibility index (Phi) is 5.10. The van der Waals surface area contributed by atoms with Crippen molar-refractivity contribution in [2.75, 3.05) is 0 Å². The maximum Gasteiger partial charge on any atom is 0.243 e. The van der Waals surface area contributed by atoms with E-state index in [9.17, 15) is 12.8 Å². The Morgan fingerprint density at radius 2 is 2.06 bits per heavy atom. The van der Waals surface area contributed by atoms with Crippen LogP contribution in [-0.4, -0.2) is 25.7 Å². The largest absolute Gasteiger partial charge is 0.393 e. The Hall–Kier alpha value is -0.690. The average molecular weight is 296 g/mol. The van der Waals surface area contributed by atoms with Gasteiger partial charge in [-0.2, -0.15) is 0 Å². The molecule has 2 atom stereocenters. The molecule has 0 spiro atoms.